The topological polar surface area (TPSA) is 46.5 Å². The Morgan fingerprint density at radius 3 is 3.00 bits per heavy atom. The molecule has 166 valence electrons. The first-order chi connectivity index (χ1) is 15.7. The molecule has 4 aromatic rings. The third-order valence-corrected chi connectivity index (χ3v) is 7.26. The van der Waals surface area contributed by atoms with Crippen molar-refractivity contribution in [2.24, 2.45) is 0 Å². The fourth-order valence-electron chi connectivity index (χ4n) is 4.67. The summed E-state index contributed by atoms with van der Waals surface area (Å²) in [5.41, 5.74) is 1.39. The molecule has 6 heteroatoms. The minimum Gasteiger partial charge on any atom is -0.494 e. The van der Waals surface area contributed by atoms with E-state index in [9.17, 15) is 4.79 Å². The maximum absolute atomic E-state index is 12.6. The predicted octanol–water partition coefficient (Wildman–Crippen LogP) is 4.87. The highest BCUT2D eigenvalue weighted by atomic mass is 32.1. The average Bonchev–Trinajstić information content (AvgIpc) is 3.32. The first kappa shape index (κ1) is 21.0. The van der Waals surface area contributed by atoms with E-state index in [1.807, 2.05) is 37.4 Å². The van der Waals surface area contributed by atoms with E-state index in [0.717, 1.165) is 49.0 Å². The average molecular weight is 448 g/mol. The lowest BCUT2D eigenvalue weighted by Crippen LogP contribution is -2.51. The van der Waals surface area contributed by atoms with Crippen molar-refractivity contribution < 1.29 is 4.74 Å². The molecule has 0 saturated carbocycles. The van der Waals surface area contributed by atoms with Gasteiger partial charge in [-0.05, 0) is 66.9 Å². The highest BCUT2D eigenvalue weighted by molar-refractivity contribution is 7.17. The molecule has 0 spiro atoms. The lowest BCUT2D eigenvalue weighted by molar-refractivity contribution is 0.296. The van der Waals surface area contributed by atoms with Crippen LogP contribution in [0.2, 0.25) is 0 Å². The van der Waals surface area contributed by atoms with Gasteiger partial charge in [0.2, 0.25) is 0 Å². The van der Waals surface area contributed by atoms with Crippen LogP contribution in [0.15, 0.2) is 64.9 Å². The normalized spacial score (nSPS) is 16.7. The molecule has 1 unspecified atom stereocenters. The van der Waals surface area contributed by atoms with Gasteiger partial charge in [0.1, 0.15) is 5.75 Å². The number of benzene rings is 2. The molecular weight excluding hydrogens is 418 g/mol. The molecule has 2 aromatic carbocycles. The van der Waals surface area contributed by atoms with Gasteiger partial charge in [0.25, 0.3) is 5.56 Å². The van der Waals surface area contributed by atoms with Crippen molar-refractivity contribution >= 4 is 37.9 Å². The van der Waals surface area contributed by atoms with Gasteiger partial charge in [-0.15, -0.1) is 11.3 Å². The molecule has 1 N–H and O–H groups in total. The molecule has 5 rings (SSSR count). The number of hydrogen-bond donors (Lipinski definition) is 1. The molecular formula is C26H29N3O2S. The van der Waals surface area contributed by atoms with Gasteiger partial charge >= 0.3 is 0 Å². The first-order valence-electron chi connectivity index (χ1n) is 11.4. The van der Waals surface area contributed by atoms with Crippen LogP contribution in [-0.4, -0.2) is 36.9 Å². The quantitative estimate of drug-likeness (QED) is 0.411. The van der Waals surface area contributed by atoms with Crippen LogP contribution in [0.3, 0.4) is 0 Å². The van der Waals surface area contributed by atoms with Crippen LogP contribution in [0.4, 0.5) is 5.69 Å². The first-order valence-corrected chi connectivity index (χ1v) is 12.3. The molecule has 1 aliphatic rings. The van der Waals surface area contributed by atoms with Crippen LogP contribution in [0.25, 0.3) is 20.9 Å². The van der Waals surface area contributed by atoms with Crippen molar-refractivity contribution in [3.8, 4) is 5.75 Å². The van der Waals surface area contributed by atoms with Crippen molar-refractivity contribution in [1.29, 1.82) is 0 Å². The summed E-state index contributed by atoms with van der Waals surface area (Å²) in [7, 11) is 0. The lowest BCUT2D eigenvalue weighted by Gasteiger charge is -2.38. The van der Waals surface area contributed by atoms with Crippen LogP contribution in [0, 0.1) is 0 Å². The number of aromatic nitrogens is 1. The Hall–Kier alpha value is -2.83. The molecule has 1 fully saturated rings. The second-order valence-electron chi connectivity index (χ2n) is 8.31. The summed E-state index contributed by atoms with van der Waals surface area (Å²) in [4.78, 5) is 15.2. The lowest BCUT2D eigenvalue weighted by atomic mass is 10.1. The van der Waals surface area contributed by atoms with Crippen LogP contribution in [-0.2, 0) is 6.54 Å². The number of ether oxygens (including phenoxy) is 1. The number of rotatable bonds is 7. The Kier molecular flexibility index (Phi) is 6.14. The Balaban J connectivity index is 1.24. The largest absolute Gasteiger partial charge is 0.494 e. The second-order valence-corrected chi connectivity index (χ2v) is 9.26. The number of hydrogen-bond acceptors (Lipinski definition) is 5. The summed E-state index contributed by atoms with van der Waals surface area (Å²) in [6, 6.07) is 17.1. The number of pyridine rings is 1. The molecule has 0 aliphatic carbocycles. The zero-order chi connectivity index (χ0) is 21.9. The highest BCUT2D eigenvalue weighted by Gasteiger charge is 2.23. The van der Waals surface area contributed by atoms with Gasteiger partial charge in [-0.3, -0.25) is 4.79 Å². The van der Waals surface area contributed by atoms with Gasteiger partial charge in [0.05, 0.1) is 12.0 Å². The van der Waals surface area contributed by atoms with E-state index in [0.29, 0.717) is 19.2 Å². The number of piperazine rings is 1. The SMILES string of the molecule is CCn1ccc2ccc(OCCCC3CNCCN3c3cccc4sccc34)cc2c1=O. The number of fused-ring (bicyclic) bond motifs is 2. The number of nitrogens with one attached hydrogen (secondary N) is 1. The maximum atomic E-state index is 12.6. The standard InChI is InChI=1S/C26H29N3O2S/c1-2-28-13-10-19-8-9-21(17-23(19)26(28)30)31-15-4-5-20-18-27-12-14-29(20)24-6-3-7-25-22(24)11-16-32-25/h3,6-11,13,16-17,20,27H,2,4-5,12,14-15,18H2,1H3. The van der Waals surface area contributed by atoms with E-state index in [1.165, 1.54) is 15.8 Å². The van der Waals surface area contributed by atoms with Crippen molar-refractivity contribution in [2.75, 3.05) is 31.1 Å². The van der Waals surface area contributed by atoms with Gasteiger partial charge in [-0.1, -0.05) is 12.1 Å². The molecule has 1 aliphatic heterocycles. The molecule has 32 heavy (non-hydrogen) atoms. The van der Waals surface area contributed by atoms with Gasteiger partial charge in [0.15, 0.2) is 0 Å². The third-order valence-electron chi connectivity index (χ3n) is 6.37. The molecule has 1 atom stereocenters. The number of thiophene rings is 1. The van der Waals surface area contributed by atoms with E-state index in [-0.39, 0.29) is 5.56 Å². The Bertz CT molecular complexity index is 1280. The zero-order valence-electron chi connectivity index (χ0n) is 18.4. The van der Waals surface area contributed by atoms with Gasteiger partial charge in [0, 0.05) is 54.2 Å². The van der Waals surface area contributed by atoms with Crippen LogP contribution in [0.5, 0.6) is 5.75 Å². The molecule has 0 radical (unpaired) electrons. The van der Waals surface area contributed by atoms with E-state index >= 15 is 0 Å². The van der Waals surface area contributed by atoms with Crippen molar-refractivity contribution in [3.63, 3.8) is 0 Å². The van der Waals surface area contributed by atoms with E-state index in [1.54, 1.807) is 15.9 Å². The van der Waals surface area contributed by atoms with Crippen molar-refractivity contribution in [1.82, 2.24) is 9.88 Å². The number of aryl methyl sites for hydroxylation is 1. The minimum absolute atomic E-state index is 0.0435. The van der Waals surface area contributed by atoms with Gasteiger partial charge < -0.3 is 19.5 Å². The zero-order valence-corrected chi connectivity index (χ0v) is 19.2. The van der Waals surface area contributed by atoms with Crippen molar-refractivity contribution in [3.05, 3.63) is 70.5 Å². The van der Waals surface area contributed by atoms with E-state index in [4.69, 9.17) is 4.74 Å². The van der Waals surface area contributed by atoms with E-state index in [2.05, 4.69) is 39.9 Å². The fourth-order valence-corrected chi connectivity index (χ4v) is 5.48. The summed E-state index contributed by atoms with van der Waals surface area (Å²) in [5.74, 6) is 0.769. The number of anilines is 1. The van der Waals surface area contributed by atoms with Gasteiger partial charge in [-0.2, -0.15) is 0 Å². The molecule has 0 amide bonds. The van der Waals surface area contributed by atoms with Crippen LogP contribution < -0.4 is 20.5 Å². The summed E-state index contributed by atoms with van der Waals surface area (Å²) >= 11 is 1.80. The molecule has 0 bridgehead atoms. The Morgan fingerprint density at radius 2 is 2.09 bits per heavy atom. The Labute approximate surface area is 192 Å². The van der Waals surface area contributed by atoms with Crippen LogP contribution >= 0.6 is 11.3 Å². The minimum atomic E-state index is 0.0435. The molecule has 2 aromatic heterocycles. The number of nitrogens with zero attached hydrogens (tertiary/aromatic N) is 2. The highest BCUT2D eigenvalue weighted by Crippen LogP contribution is 2.32. The summed E-state index contributed by atoms with van der Waals surface area (Å²) in [5, 5.41) is 8.77. The maximum Gasteiger partial charge on any atom is 0.258 e. The monoisotopic (exact) mass is 447 g/mol. The van der Waals surface area contributed by atoms with Gasteiger partial charge in [-0.25, -0.2) is 0 Å². The molecule has 3 heterocycles. The smallest absolute Gasteiger partial charge is 0.258 e. The molecule has 5 nitrogen and oxygen atoms in total. The third kappa shape index (κ3) is 4.12. The van der Waals surface area contributed by atoms with E-state index < -0.39 is 0 Å². The summed E-state index contributed by atoms with van der Waals surface area (Å²) in [6.07, 6.45) is 3.88. The Morgan fingerprint density at radius 1 is 1.16 bits per heavy atom. The summed E-state index contributed by atoms with van der Waals surface area (Å²) < 4.78 is 9.12. The summed E-state index contributed by atoms with van der Waals surface area (Å²) in [6.45, 7) is 6.33. The van der Waals surface area contributed by atoms with Crippen LogP contribution in [0.1, 0.15) is 19.8 Å². The second kappa shape index (κ2) is 9.35. The molecule has 1 saturated heterocycles. The van der Waals surface area contributed by atoms with Crippen molar-refractivity contribution in [2.45, 2.75) is 32.4 Å². The fraction of sp³-hybridized carbons (Fsp3) is 0.346. The predicted molar refractivity (Wildman–Crippen MR) is 134 cm³/mol.